The number of hydrogen-bond acceptors (Lipinski definition) is 4. The van der Waals surface area contributed by atoms with E-state index >= 15 is 0 Å². The van der Waals surface area contributed by atoms with E-state index in [1.165, 1.54) is 0 Å². The van der Waals surface area contributed by atoms with Crippen LogP contribution >= 0.6 is 0 Å². The normalized spacial score (nSPS) is 20.2. The molecule has 0 aromatic carbocycles. The molecule has 3 rings (SSSR count). The van der Waals surface area contributed by atoms with E-state index in [2.05, 4.69) is 20.7 Å². The van der Waals surface area contributed by atoms with Crippen LogP contribution in [0.15, 0.2) is 18.5 Å². The fourth-order valence-corrected chi connectivity index (χ4v) is 3.18. The average molecular weight is 329 g/mol. The van der Waals surface area contributed by atoms with Crippen molar-refractivity contribution in [3.63, 3.8) is 0 Å². The lowest BCUT2D eigenvalue weighted by atomic mass is 10.0. The molecule has 7 heteroatoms. The van der Waals surface area contributed by atoms with E-state index in [1.807, 2.05) is 38.6 Å². The molecule has 3 heterocycles. The molecule has 1 aliphatic rings. The molecule has 2 amide bonds. The van der Waals surface area contributed by atoms with Crippen molar-refractivity contribution in [2.45, 2.75) is 39.3 Å². The number of amides is 2. The van der Waals surface area contributed by atoms with Gasteiger partial charge in [-0.1, -0.05) is 0 Å². The Morgan fingerprint density at radius 2 is 2.12 bits per heavy atom. The van der Waals surface area contributed by atoms with E-state index in [0.29, 0.717) is 12.3 Å². The van der Waals surface area contributed by atoms with Gasteiger partial charge in [-0.15, -0.1) is 0 Å². The Morgan fingerprint density at radius 3 is 2.79 bits per heavy atom. The molecule has 2 aromatic heterocycles. The summed E-state index contributed by atoms with van der Waals surface area (Å²) in [5.74, 6) is 0. The molecule has 128 valence electrons. The summed E-state index contributed by atoms with van der Waals surface area (Å²) in [5.41, 5.74) is 4.75. The van der Waals surface area contributed by atoms with E-state index in [-0.39, 0.29) is 18.2 Å². The van der Waals surface area contributed by atoms with Gasteiger partial charge in [0.15, 0.2) is 0 Å². The van der Waals surface area contributed by atoms with Gasteiger partial charge in [-0.25, -0.2) is 4.79 Å². The number of hydrogen-bond donors (Lipinski definition) is 2. The van der Waals surface area contributed by atoms with E-state index in [0.717, 1.165) is 28.9 Å². The first-order chi connectivity index (χ1) is 11.5. The zero-order valence-electron chi connectivity index (χ0n) is 14.5. The van der Waals surface area contributed by atoms with E-state index in [1.54, 1.807) is 12.4 Å². The number of anilines is 1. The SMILES string of the molecule is Cc1cncc(NC(=O)N[C@H]2CCO[C@@H]2c2c(C)nn(C)c2C)c1. The van der Waals surface area contributed by atoms with Gasteiger partial charge in [0.05, 0.1) is 23.6 Å². The number of aromatic nitrogens is 3. The van der Waals surface area contributed by atoms with Gasteiger partial charge in [-0.2, -0.15) is 5.10 Å². The predicted octanol–water partition coefficient (Wildman–Crippen LogP) is 2.39. The standard InChI is InChI=1S/C17H23N5O2/c1-10-7-13(9-18-8-10)19-17(23)20-14-5-6-24-16(14)15-11(2)21-22(4)12(15)3/h7-9,14,16H,5-6H2,1-4H3,(H2,19,20,23)/t14-,16-/m0/s1. The van der Waals surface area contributed by atoms with Gasteiger partial charge in [0.2, 0.25) is 0 Å². The van der Waals surface area contributed by atoms with Crippen LogP contribution in [0.2, 0.25) is 0 Å². The fraction of sp³-hybridized carbons (Fsp3) is 0.471. The number of pyridine rings is 1. The third-order valence-corrected chi connectivity index (χ3v) is 4.39. The molecule has 7 nitrogen and oxygen atoms in total. The zero-order valence-corrected chi connectivity index (χ0v) is 14.5. The van der Waals surface area contributed by atoms with E-state index in [4.69, 9.17) is 4.74 Å². The van der Waals surface area contributed by atoms with Crippen molar-refractivity contribution >= 4 is 11.7 Å². The number of carbonyl (C=O) groups is 1. The highest BCUT2D eigenvalue weighted by Gasteiger charge is 2.34. The van der Waals surface area contributed by atoms with Crippen LogP contribution in [-0.4, -0.2) is 33.4 Å². The van der Waals surface area contributed by atoms with Gasteiger partial charge in [-0.3, -0.25) is 9.67 Å². The summed E-state index contributed by atoms with van der Waals surface area (Å²) in [4.78, 5) is 16.4. The number of carbonyl (C=O) groups excluding carboxylic acids is 1. The fourth-order valence-electron chi connectivity index (χ4n) is 3.18. The van der Waals surface area contributed by atoms with Gasteiger partial charge >= 0.3 is 6.03 Å². The number of nitrogens with zero attached hydrogens (tertiary/aromatic N) is 3. The quantitative estimate of drug-likeness (QED) is 0.906. The molecule has 1 fully saturated rings. The summed E-state index contributed by atoms with van der Waals surface area (Å²) >= 11 is 0. The van der Waals surface area contributed by atoms with Gasteiger partial charge in [0, 0.05) is 31.1 Å². The first-order valence-electron chi connectivity index (χ1n) is 8.06. The van der Waals surface area contributed by atoms with Crippen molar-refractivity contribution in [3.05, 3.63) is 41.0 Å². The molecule has 0 spiro atoms. The maximum absolute atomic E-state index is 12.3. The van der Waals surface area contributed by atoms with Crippen molar-refractivity contribution in [2.24, 2.45) is 7.05 Å². The number of ether oxygens (including phenoxy) is 1. The monoisotopic (exact) mass is 329 g/mol. The molecule has 1 aliphatic heterocycles. The van der Waals surface area contributed by atoms with Crippen molar-refractivity contribution in [3.8, 4) is 0 Å². The van der Waals surface area contributed by atoms with Crippen LogP contribution in [0.4, 0.5) is 10.5 Å². The maximum atomic E-state index is 12.3. The summed E-state index contributed by atoms with van der Waals surface area (Å²) in [6, 6.07) is 1.55. The van der Waals surface area contributed by atoms with Crippen molar-refractivity contribution in [2.75, 3.05) is 11.9 Å². The van der Waals surface area contributed by atoms with Crippen LogP contribution in [0.25, 0.3) is 0 Å². The molecule has 0 radical (unpaired) electrons. The van der Waals surface area contributed by atoms with E-state index < -0.39 is 0 Å². The van der Waals surface area contributed by atoms with Crippen LogP contribution in [0.1, 0.15) is 35.0 Å². The Labute approximate surface area is 141 Å². The van der Waals surface area contributed by atoms with Crippen molar-refractivity contribution < 1.29 is 9.53 Å². The maximum Gasteiger partial charge on any atom is 0.319 e. The van der Waals surface area contributed by atoms with Gasteiger partial charge in [0.1, 0.15) is 6.10 Å². The molecular weight excluding hydrogens is 306 g/mol. The van der Waals surface area contributed by atoms with Gasteiger partial charge < -0.3 is 15.4 Å². The Kier molecular flexibility index (Phi) is 4.53. The lowest BCUT2D eigenvalue weighted by Crippen LogP contribution is -2.39. The number of aryl methyl sites for hydroxylation is 3. The third-order valence-electron chi connectivity index (χ3n) is 4.39. The second-order valence-corrected chi connectivity index (χ2v) is 6.24. The van der Waals surface area contributed by atoms with Crippen LogP contribution in [0.5, 0.6) is 0 Å². The van der Waals surface area contributed by atoms with Crippen LogP contribution in [0, 0.1) is 20.8 Å². The Balaban J connectivity index is 1.71. The lowest BCUT2D eigenvalue weighted by molar-refractivity contribution is 0.0993. The average Bonchev–Trinajstić information content (AvgIpc) is 3.04. The molecule has 0 unspecified atom stereocenters. The molecular formula is C17H23N5O2. The summed E-state index contributed by atoms with van der Waals surface area (Å²) in [6.07, 6.45) is 3.99. The molecule has 2 aromatic rings. The topological polar surface area (TPSA) is 81.1 Å². The van der Waals surface area contributed by atoms with Crippen LogP contribution in [0.3, 0.4) is 0 Å². The van der Waals surface area contributed by atoms with E-state index in [9.17, 15) is 4.79 Å². The van der Waals surface area contributed by atoms with Crippen LogP contribution < -0.4 is 10.6 Å². The molecule has 2 atom stereocenters. The number of urea groups is 1. The van der Waals surface area contributed by atoms with Crippen molar-refractivity contribution in [1.82, 2.24) is 20.1 Å². The Hall–Kier alpha value is -2.41. The molecule has 1 saturated heterocycles. The minimum atomic E-state index is -0.248. The van der Waals surface area contributed by atoms with Gasteiger partial charge in [-0.05, 0) is 38.8 Å². The Morgan fingerprint density at radius 1 is 1.33 bits per heavy atom. The smallest absolute Gasteiger partial charge is 0.319 e. The second-order valence-electron chi connectivity index (χ2n) is 6.24. The highest BCUT2D eigenvalue weighted by molar-refractivity contribution is 5.89. The minimum absolute atomic E-state index is 0.0793. The molecule has 0 aliphatic carbocycles. The zero-order chi connectivity index (χ0) is 17.3. The summed E-state index contributed by atoms with van der Waals surface area (Å²) < 4.78 is 7.74. The summed E-state index contributed by atoms with van der Waals surface area (Å²) in [7, 11) is 1.92. The summed E-state index contributed by atoms with van der Waals surface area (Å²) in [6.45, 7) is 6.55. The van der Waals surface area contributed by atoms with Crippen LogP contribution in [-0.2, 0) is 11.8 Å². The molecule has 24 heavy (non-hydrogen) atoms. The minimum Gasteiger partial charge on any atom is -0.371 e. The summed E-state index contributed by atoms with van der Waals surface area (Å²) in [5, 5.41) is 10.3. The highest BCUT2D eigenvalue weighted by Crippen LogP contribution is 2.33. The highest BCUT2D eigenvalue weighted by atomic mass is 16.5. The number of rotatable bonds is 3. The first-order valence-corrected chi connectivity index (χ1v) is 8.06. The predicted molar refractivity (Wildman–Crippen MR) is 90.9 cm³/mol. The largest absolute Gasteiger partial charge is 0.371 e. The molecule has 2 N–H and O–H groups in total. The first kappa shape index (κ1) is 16.4. The van der Waals surface area contributed by atoms with Gasteiger partial charge in [0.25, 0.3) is 0 Å². The second kappa shape index (κ2) is 6.60. The van der Waals surface area contributed by atoms with Crippen molar-refractivity contribution in [1.29, 1.82) is 0 Å². The molecule has 0 saturated carbocycles. The third kappa shape index (κ3) is 3.26. The Bertz CT molecular complexity index is 755. The molecule has 0 bridgehead atoms. The lowest BCUT2D eigenvalue weighted by Gasteiger charge is -2.21. The number of nitrogens with one attached hydrogen (secondary N) is 2.